The number of hydrogen-bond acceptors (Lipinski definition) is 1. The highest BCUT2D eigenvalue weighted by atomic mass is 14.7. The molecule has 0 aromatic heterocycles. The molecule has 3 atom stereocenters. The summed E-state index contributed by atoms with van der Waals surface area (Å²) < 4.78 is 0. The van der Waals surface area contributed by atoms with Crippen LogP contribution in [-0.2, 0) is 0 Å². The molecule has 12 heavy (non-hydrogen) atoms. The lowest BCUT2D eigenvalue weighted by atomic mass is 9.55. The summed E-state index contributed by atoms with van der Waals surface area (Å²) in [5.74, 6) is 0. The van der Waals surface area contributed by atoms with Crippen LogP contribution in [0.15, 0.2) is 0 Å². The minimum absolute atomic E-state index is 0.481. The Bertz CT molecular complexity index is 171. The monoisotopic (exact) mass is 167 g/mol. The molecule has 2 aliphatic carbocycles. The van der Waals surface area contributed by atoms with Gasteiger partial charge in [-0.15, -0.1) is 0 Å². The van der Waals surface area contributed by atoms with Crippen molar-refractivity contribution in [2.45, 2.75) is 58.4 Å². The molecule has 0 heterocycles. The zero-order valence-electron chi connectivity index (χ0n) is 8.40. The number of fused-ring (bicyclic) bond motifs is 2. The molecule has 2 fully saturated rings. The van der Waals surface area contributed by atoms with Gasteiger partial charge in [-0.05, 0) is 42.9 Å². The van der Waals surface area contributed by atoms with Crippen molar-refractivity contribution in [1.82, 2.24) is 0 Å². The molecule has 0 radical (unpaired) electrons. The van der Waals surface area contributed by atoms with Crippen molar-refractivity contribution in [1.29, 1.82) is 0 Å². The van der Waals surface area contributed by atoms with E-state index < -0.39 is 0 Å². The van der Waals surface area contributed by atoms with Gasteiger partial charge in [-0.25, -0.2) is 0 Å². The molecule has 70 valence electrons. The summed E-state index contributed by atoms with van der Waals surface area (Å²) in [6, 6.07) is 0.481. The van der Waals surface area contributed by atoms with Gasteiger partial charge in [0.25, 0.3) is 0 Å². The van der Waals surface area contributed by atoms with Gasteiger partial charge in [0.15, 0.2) is 0 Å². The molecular formula is C11H21N. The second-order valence-electron chi connectivity index (χ2n) is 5.82. The van der Waals surface area contributed by atoms with Crippen molar-refractivity contribution in [3.8, 4) is 0 Å². The van der Waals surface area contributed by atoms with Crippen LogP contribution in [0.5, 0.6) is 0 Å². The van der Waals surface area contributed by atoms with Crippen molar-refractivity contribution in [2.24, 2.45) is 16.6 Å². The Morgan fingerprint density at radius 3 is 2.08 bits per heavy atom. The van der Waals surface area contributed by atoms with Crippen LogP contribution in [0, 0.1) is 10.8 Å². The van der Waals surface area contributed by atoms with Crippen molar-refractivity contribution in [3.63, 3.8) is 0 Å². The van der Waals surface area contributed by atoms with Gasteiger partial charge in [0.05, 0.1) is 0 Å². The summed E-state index contributed by atoms with van der Waals surface area (Å²) in [7, 11) is 0. The lowest BCUT2D eigenvalue weighted by Crippen LogP contribution is -2.46. The van der Waals surface area contributed by atoms with E-state index >= 15 is 0 Å². The molecule has 2 saturated carbocycles. The third kappa shape index (κ3) is 1.39. The van der Waals surface area contributed by atoms with E-state index in [0.29, 0.717) is 16.9 Å². The van der Waals surface area contributed by atoms with Crippen LogP contribution < -0.4 is 5.73 Å². The van der Waals surface area contributed by atoms with E-state index in [9.17, 15) is 0 Å². The lowest BCUT2D eigenvalue weighted by Gasteiger charge is -2.51. The smallest absolute Gasteiger partial charge is 0.00492 e. The fraction of sp³-hybridized carbons (Fsp3) is 1.00. The molecule has 1 unspecified atom stereocenters. The zero-order valence-corrected chi connectivity index (χ0v) is 8.40. The van der Waals surface area contributed by atoms with Crippen molar-refractivity contribution >= 4 is 0 Å². The lowest BCUT2D eigenvalue weighted by molar-refractivity contribution is 0.0153. The quantitative estimate of drug-likeness (QED) is 0.590. The average Bonchev–Trinajstić information content (AvgIpc) is 1.79. The minimum Gasteiger partial charge on any atom is -0.328 e. The molecule has 0 amide bonds. The highest BCUT2D eigenvalue weighted by Crippen LogP contribution is 2.54. The molecule has 0 saturated heterocycles. The van der Waals surface area contributed by atoms with Gasteiger partial charge in [-0.2, -0.15) is 0 Å². The Labute approximate surface area is 75.7 Å². The molecule has 2 aliphatic rings. The fourth-order valence-corrected chi connectivity index (χ4v) is 3.84. The van der Waals surface area contributed by atoms with Crippen LogP contribution in [0.2, 0.25) is 0 Å². The first-order valence-corrected chi connectivity index (χ1v) is 5.27. The van der Waals surface area contributed by atoms with E-state index in [4.69, 9.17) is 5.73 Å². The molecule has 2 N–H and O–H groups in total. The Kier molecular flexibility index (Phi) is 1.76. The highest BCUT2D eigenvalue weighted by Gasteiger charge is 2.44. The number of rotatable bonds is 0. The maximum Gasteiger partial charge on any atom is 0.00492 e. The Hall–Kier alpha value is -0.0400. The van der Waals surface area contributed by atoms with Crippen molar-refractivity contribution in [3.05, 3.63) is 0 Å². The zero-order chi connectivity index (χ0) is 8.82. The van der Waals surface area contributed by atoms with Gasteiger partial charge in [0.2, 0.25) is 0 Å². The molecule has 1 nitrogen and oxygen atoms in total. The fourth-order valence-electron chi connectivity index (χ4n) is 3.84. The van der Waals surface area contributed by atoms with Gasteiger partial charge in [-0.3, -0.25) is 0 Å². The summed E-state index contributed by atoms with van der Waals surface area (Å²) in [6.45, 7) is 4.87. The molecule has 0 aromatic carbocycles. The van der Waals surface area contributed by atoms with Crippen LogP contribution in [0.4, 0.5) is 0 Å². The summed E-state index contributed by atoms with van der Waals surface area (Å²) in [5, 5.41) is 0. The second kappa shape index (κ2) is 2.47. The van der Waals surface area contributed by atoms with E-state index in [2.05, 4.69) is 13.8 Å². The van der Waals surface area contributed by atoms with Crippen molar-refractivity contribution in [2.75, 3.05) is 0 Å². The predicted octanol–water partition coefficient (Wildman–Crippen LogP) is 2.69. The van der Waals surface area contributed by atoms with Gasteiger partial charge in [0.1, 0.15) is 0 Å². The topological polar surface area (TPSA) is 26.0 Å². The largest absolute Gasteiger partial charge is 0.328 e. The predicted molar refractivity (Wildman–Crippen MR) is 51.9 cm³/mol. The van der Waals surface area contributed by atoms with Gasteiger partial charge < -0.3 is 5.73 Å². The standard InChI is InChI=1S/C11H21N/c1-10-4-3-5-11(2,8-10)7-9(12)6-10/h9H,3-8,12H2,1-2H3/t9?,10-,11+. The average molecular weight is 167 g/mol. The summed E-state index contributed by atoms with van der Waals surface area (Å²) in [5.41, 5.74) is 7.27. The first kappa shape index (κ1) is 8.55. The molecular weight excluding hydrogens is 146 g/mol. The molecule has 2 rings (SSSR count). The third-order valence-electron chi connectivity index (χ3n) is 3.92. The van der Waals surface area contributed by atoms with E-state index in [1.165, 1.54) is 38.5 Å². The maximum atomic E-state index is 6.10. The van der Waals surface area contributed by atoms with E-state index in [-0.39, 0.29) is 0 Å². The van der Waals surface area contributed by atoms with E-state index in [1.54, 1.807) is 0 Å². The first-order chi connectivity index (χ1) is 5.52. The SMILES string of the molecule is C[C@]12CCC[C@](C)(CC(N)C1)C2. The van der Waals surface area contributed by atoms with Crippen LogP contribution in [0.25, 0.3) is 0 Å². The molecule has 2 bridgehead atoms. The minimum atomic E-state index is 0.481. The molecule has 0 aromatic rings. The molecule has 1 heteroatoms. The van der Waals surface area contributed by atoms with Gasteiger partial charge >= 0.3 is 0 Å². The number of nitrogens with two attached hydrogens (primary N) is 1. The normalized spacial score (nSPS) is 53.8. The summed E-state index contributed by atoms with van der Waals surface area (Å²) in [4.78, 5) is 0. The van der Waals surface area contributed by atoms with Crippen LogP contribution in [0.3, 0.4) is 0 Å². The molecule has 0 spiro atoms. The van der Waals surface area contributed by atoms with E-state index in [1.807, 2.05) is 0 Å². The Balaban J connectivity index is 2.19. The van der Waals surface area contributed by atoms with Crippen LogP contribution in [-0.4, -0.2) is 6.04 Å². The summed E-state index contributed by atoms with van der Waals surface area (Å²) in [6.07, 6.45) is 8.21. The third-order valence-corrected chi connectivity index (χ3v) is 3.92. The molecule has 0 aliphatic heterocycles. The van der Waals surface area contributed by atoms with Crippen LogP contribution in [0.1, 0.15) is 52.4 Å². The van der Waals surface area contributed by atoms with Gasteiger partial charge in [-0.1, -0.05) is 20.3 Å². The maximum absolute atomic E-state index is 6.10. The van der Waals surface area contributed by atoms with Crippen molar-refractivity contribution < 1.29 is 0 Å². The van der Waals surface area contributed by atoms with Gasteiger partial charge in [0, 0.05) is 6.04 Å². The Morgan fingerprint density at radius 2 is 1.58 bits per heavy atom. The first-order valence-electron chi connectivity index (χ1n) is 5.27. The summed E-state index contributed by atoms with van der Waals surface area (Å²) >= 11 is 0. The van der Waals surface area contributed by atoms with Crippen LogP contribution >= 0.6 is 0 Å². The Morgan fingerprint density at radius 1 is 1.08 bits per heavy atom. The van der Waals surface area contributed by atoms with E-state index in [0.717, 1.165) is 0 Å². The second-order valence-corrected chi connectivity index (χ2v) is 5.82. The number of hydrogen-bond donors (Lipinski definition) is 1. The highest BCUT2D eigenvalue weighted by molar-refractivity contribution is 4.98.